The highest BCUT2D eigenvalue weighted by Gasteiger charge is 2.34. The second-order valence-corrected chi connectivity index (χ2v) is 8.37. The van der Waals surface area contributed by atoms with Gasteiger partial charge in [0.25, 0.3) is 0 Å². The van der Waals surface area contributed by atoms with Crippen molar-refractivity contribution in [1.82, 2.24) is 4.31 Å². The van der Waals surface area contributed by atoms with Crippen LogP contribution in [0.15, 0.2) is 44.4 Å². The van der Waals surface area contributed by atoms with E-state index >= 15 is 0 Å². The summed E-state index contributed by atoms with van der Waals surface area (Å²) in [5.74, 6) is 0.829. The van der Waals surface area contributed by atoms with Crippen molar-refractivity contribution < 1.29 is 17.6 Å². The van der Waals surface area contributed by atoms with Gasteiger partial charge in [-0.25, -0.2) is 13.2 Å². The fourth-order valence-electron chi connectivity index (χ4n) is 2.73. The number of rotatable bonds is 4. The lowest BCUT2D eigenvalue weighted by Crippen LogP contribution is -2.31. The Morgan fingerprint density at radius 2 is 2.00 bits per heavy atom. The lowest BCUT2D eigenvalue weighted by molar-refractivity contribution is 0.213. The average Bonchev–Trinajstić information content (AvgIpc) is 2.98. The molecule has 0 bridgehead atoms. The van der Waals surface area contributed by atoms with Crippen LogP contribution in [0, 0.1) is 13.8 Å². The Kier molecular flexibility index (Phi) is 4.90. The van der Waals surface area contributed by atoms with Gasteiger partial charge in [-0.15, -0.1) is 0 Å². The molecule has 0 saturated carbocycles. The molecule has 1 fully saturated rings. The molecule has 0 aliphatic carbocycles. The molecule has 1 aliphatic heterocycles. The molecule has 8 heteroatoms. The van der Waals surface area contributed by atoms with E-state index in [1.807, 2.05) is 6.92 Å². The van der Waals surface area contributed by atoms with Gasteiger partial charge >= 0.3 is 5.63 Å². The quantitative estimate of drug-likeness (QED) is 0.811. The maximum absolute atomic E-state index is 12.8. The first-order valence-electron chi connectivity index (χ1n) is 7.80. The molecule has 0 amide bonds. The normalized spacial score (nSPS) is 18.4. The average molecular weight is 384 g/mol. The fourth-order valence-corrected chi connectivity index (χ4v) is 4.49. The number of ether oxygens (including phenoxy) is 1. The van der Waals surface area contributed by atoms with Crippen molar-refractivity contribution in [3.63, 3.8) is 0 Å². The third kappa shape index (κ3) is 3.89. The molecule has 1 unspecified atom stereocenters. The Hall–Kier alpha value is -1.83. The Bertz CT molecular complexity index is 954. The van der Waals surface area contributed by atoms with Gasteiger partial charge in [0.1, 0.15) is 17.6 Å². The highest BCUT2D eigenvalue weighted by atomic mass is 35.5. The van der Waals surface area contributed by atoms with Crippen LogP contribution in [0.2, 0.25) is 5.02 Å². The molecule has 0 radical (unpaired) electrons. The van der Waals surface area contributed by atoms with Crippen LogP contribution in [-0.2, 0) is 10.0 Å². The van der Waals surface area contributed by atoms with Gasteiger partial charge in [-0.1, -0.05) is 17.7 Å². The third-order valence-electron chi connectivity index (χ3n) is 4.06. The van der Waals surface area contributed by atoms with Crippen LogP contribution in [0.4, 0.5) is 0 Å². The second-order valence-electron chi connectivity index (χ2n) is 6.03. The largest absolute Gasteiger partial charge is 0.489 e. The summed E-state index contributed by atoms with van der Waals surface area (Å²) in [5.41, 5.74) is 0.327. The zero-order chi connectivity index (χ0) is 18.2. The van der Waals surface area contributed by atoms with E-state index in [-0.39, 0.29) is 17.5 Å². The van der Waals surface area contributed by atoms with Crippen molar-refractivity contribution >= 4 is 21.6 Å². The number of benzene rings is 1. The summed E-state index contributed by atoms with van der Waals surface area (Å²) < 4.78 is 37.5. The Morgan fingerprint density at radius 1 is 1.24 bits per heavy atom. The van der Waals surface area contributed by atoms with Crippen LogP contribution in [0.25, 0.3) is 0 Å². The van der Waals surface area contributed by atoms with Crippen molar-refractivity contribution in [2.75, 3.05) is 13.1 Å². The molecule has 1 aliphatic rings. The first-order valence-corrected chi connectivity index (χ1v) is 9.62. The number of aryl methyl sites for hydroxylation is 2. The predicted molar refractivity (Wildman–Crippen MR) is 93.7 cm³/mol. The number of hydrogen-bond donors (Lipinski definition) is 0. The topological polar surface area (TPSA) is 76.8 Å². The zero-order valence-electron chi connectivity index (χ0n) is 13.9. The van der Waals surface area contributed by atoms with Crippen molar-refractivity contribution in [2.24, 2.45) is 0 Å². The van der Waals surface area contributed by atoms with Crippen LogP contribution in [0.3, 0.4) is 0 Å². The molecular formula is C17H18ClNO5S. The maximum atomic E-state index is 12.8. The van der Waals surface area contributed by atoms with E-state index in [9.17, 15) is 13.2 Å². The summed E-state index contributed by atoms with van der Waals surface area (Å²) in [5, 5.41) is 0.416. The van der Waals surface area contributed by atoms with E-state index in [2.05, 4.69) is 0 Å². The van der Waals surface area contributed by atoms with Gasteiger partial charge in [0.15, 0.2) is 0 Å². The molecule has 1 saturated heterocycles. The van der Waals surface area contributed by atoms with Crippen molar-refractivity contribution in [3.8, 4) is 5.75 Å². The predicted octanol–water partition coefficient (Wildman–Crippen LogP) is 2.75. The molecule has 1 aromatic carbocycles. The Balaban J connectivity index is 1.75. The fraction of sp³-hybridized carbons (Fsp3) is 0.353. The van der Waals surface area contributed by atoms with E-state index in [0.29, 0.717) is 29.5 Å². The minimum atomic E-state index is -3.63. The lowest BCUT2D eigenvalue weighted by atomic mass is 10.2. The molecule has 25 heavy (non-hydrogen) atoms. The van der Waals surface area contributed by atoms with E-state index in [4.69, 9.17) is 20.8 Å². The van der Waals surface area contributed by atoms with E-state index < -0.39 is 15.6 Å². The van der Waals surface area contributed by atoms with Crippen LogP contribution in [0.1, 0.15) is 17.7 Å². The molecule has 1 atom stereocenters. The molecular weight excluding hydrogens is 366 g/mol. The maximum Gasteiger partial charge on any atom is 0.339 e. The van der Waals surface area contributed by atoms with Crippen LogP contribution in [-0.4, -0.2) is 31.9 Å². The standard InChI is InChI=1S/C17H18ClNO5S/c1-11-3-4-15(9-16(11)18)25(21,22)19-6-5-13(10-19)24-14-7-12(2)23-17(20)8-14/h3-4,7-9,13H,5-6,10H2,1-2H3. The van der Waals surface area contributed by atoms with Gasteiger partial charge in [-0.05, 0) is 38.0 Å². The lowest BCUT2D eigenvalue weighted by Gasteiger charge is -2.17. The molecule has 3 rings (SSSR count). The van der Waals surface area contributed by atoms with Crippen LogP contribution >= 0.6 is 11.6 Å². The van der Waals surface area contributed by atoms with Gasteiger partial charge in [0.2, 0.25) is 10.0 Å². The summed E-state index contributed by atoms with van der Waals surface area (Å²) in [4.78, 5) is 11.6. The van der Waals surface area contributed by atoms with Crippen molar-refractivity contribution in [3.05, 3.63) is 57.1 Å². The van der Waals surface area contributed by atoms with E-state index in [1.54, 1.807) is 25.1 Å². The molecule has 0 spiro atoms. The molecule has 134 valence electrons. The Labute approximate surface area is 151 Å². The first kappa shape index (κ1) is 18.0. The van der Waals surface area contributed by atoms with Crippen LogP contribution < -0.4 is 10.4 Å². The Morgan fingerprint density at radius 3 is 2.68 bits per heavy atom. The van der Waals surface area contributed by atoms with E-state index in [1.165, 1.54) is 16.4 Å². The zero-order valence-corrected chi connectivity index (χ0v) is 15.4. The smallest absolute Gasteiger partial charge is 0.339 e. The summed E-state index contributed by atoms with van der Waals surface area (Å²) in [6.07, 6.45) is 0.217. The summed E-state index contributed by atoms with van der Waals surface area (Å²) in [7, 11) is -3.63. The molecule has 2 heterocycles. The van der Waals surface area contributed by atoms with Crippen molar-refractivity contribution in [1.29, 1.82) is 0 Å². The minimum Gasteiger partial charge on any atom is -0.489 e. The number of halogens is 1. The van der Waals surface area contributed by atoms with Crippen LogP contribution in [0.5, 0.6) is 5.75 Å². The number of sulfonamides is 1. The molecule has 6 nitrogen and oxygen atoms in total. The highest BCUT2D eigenvalue weighted by molar-refractivity contribution is 7.89. The third-order valence-corrected chi connectivity index (χ3v) is 6.33. The molecule has 1 aromatic heterocycles. The highest BCUT2D eigenvalue weighted by Crippen LogP contribution is 2.26. The summed E-state index contributed by atoms with van der Waals surface area (Å²) in [6, 6.07) is 7.57. The van der Waals surface area contributed by atoms with Gasteiger partial charge in [0.05, 0.1) is 17.5 Å². The van der Waals surface area contributed by atoms with Gasteiger partial charge in [-0.2, -0.15) is 4.31 Å². The minimum absolute atomic E-state index is 0.167. The van der Waals surface area contributed by atoms with Gasteiger partial charge in [0, 0.05) is 17.6 Å². The second kappa shape index (κ2) is 6.82. The molecule has 2 aromatic rings. The van der Waals surface area contributed by atoms with Gasteiger partial charge < -0.3 is 9.15 Å². The number of nitrogens with zero attached hydrogens (tertiary/aromatic N) is 1. The first-order chi connectivity index (χ1) is 11.8. The summed E-state index contributed by atoms with van der Waals surface area (Å²) in [6.45, 7) is 4.03. The monoisotopic (exact) mass is 383 g/mol. The molecule has 0 N–H and O–H groups in total. The van der Waals surface area contributed by atoms with Gasteiger partial charge in [-0.3, -0.25) is 0 Å². The number of hydrogen-bond acceptors (Lipinski definition) is 5. The van der Waals surface area contributed by atoms with E-state index in [0.717, 1.165) is 5.56 Å². The van der Waals surface area contributed by atoms with Crippen molar-refractivity contribution in [2.45, 2.75) is 31.3 Å². The SMILES string of the molecule is Cc1cc(OC2CCN(S(=O)(=O)c3ccc(C)c(Cl)c3)C2)cc(=O)o1. The summed E-state index contributed by atoms with van der Waals surface area (Å²) >= 11 is 6.05.